The second-order valence-corrected chi connectivity index (χ2v) is 4.49. The maximum Gasteiger partial charge on any atom is 0.302 e. The molecule has 0 fully saturated rings. The van der Waals surface area contributed by atoms with E-state index in [1.54, 1.807) is 0 Å². The van der Waals surface area contributed by atoms with Crippen molar-refractivity contribution in [2.45, 2.75) is 59.5 Å². The Morgan fingerprint density at radius 3 is 2.39 bits per heavy atom. The van der Waals surface area contributed by atoms with E-state index in [2.05, 4.69) is 13.0 Å². The van der Waals surface area contributed by atoms with E-state index in [1.807, 2.05) is 6.92 Å². The predicted molar refractivity (Wildman–Crippen MR) is 70.1 cm³/mol. The summed E-state index contributed by atoms with van der Waals surface area (Å²) in [5, 5.41) is 0. The Morgan fingerprint density at radius 2 is 1.83 bits per heavy atom. The molecule has 0 aliphatic rings. The molecule has 1 unspecified atom stereocenters. The summed E-state index contributed by atoms with van der Waals surface area (Å²) < 4.78 is 9.89. The van der Waals surface area contributed by atoms with Crippen LogP contribution in [0, 0.1) is 0 Å². The lowest BCUT2D eigenvalue weighted by molar-refractivity contribution is -0.145. The summed E-state index contributed by atoms with van der Waals surface area (Å²) in [4.78, 5) is 21.2. The zero-order valence-corrected chi connectivity index (χ0v) is 11.8. The van der Waals surface area contributed by atoms with Crippen LogP contribution in [0.25, 0.3) is 0 Å². The molecule has 0 aromatic carbocycles. The van der Waals surface area contributed by atoms with Gasteiger partial charge in [0.05, 0.1) is 12.7 Å². The van der Waals surface area contributed by atoms with Gasteiger partial charge in [-0.2, -0.15) is 0 Å². The zero-order chi connectivity index (χ0) is 14.0. The first kappa shape index (κ1) is 16.7. The van der Waals surface area contributed by atoms with E-state index in [-0.39, 0.29) is 18.0 Å². The molecule has 1 atom stereocenters. The Hall–Kier alpha value is -1.32. The monoisotopic (exact) mass is 256 g/mol. The highest BCUT2D eigenvalue weighted by Gasteiger charge is 2.03. The number of carbonyl (C=O) groups excluding carboxylic acids is 2. The van der Waals surface area contributed by atoms with Crippen molar-refractivity contribution in [3.05, 3.63) is 11.6 Å². The molecule has 0 rings (SSSR count). The molecule has 0 saturated heterocycles. The maximum absolute atomic E-state index is 10.7. The summed E-state index contributed by atoms with van der Waals surface area (Å²) in [6.45, 7) is 7.27. The maximum atomic E-state index is 10.7. The molecule has 0 spiro atoms. The number of hydrogen-bond donors (Lipinski definition) is 0. The molecule has 0 heterocycles. The summed E-state index contributed by atoms with van der Waals surface area (Å²) >= 11 is 0. The number of allylic oxidation sites excluding steroid dienone is 2. The number of ether oxygens (including phenoxy) is 2. The second-order valence-electron chi connectivity index (χ2n) is 4.49. The molecular weight excluding hydrogens is 232 g/mol. The number of hydrogen-bond acceptors (Lipinski definition) is 4. The molecule has 0 N–H and O–H groups in total. The van der Waals surface area contributed by atoms with E-state index in [0.29, 0.717) is 6.61 Å². The van der Waals surface area contributed by atoms with Crippen molar-refractivity contribution in [3.8, 4) is 0 Å². The SMILES string of the molecule is CC(=O)OCCC/C(C)=C\CCC(C)OC(C)=O. The van der Waals surface area contributed by atoms with Gasteiger partial charge in [0.15, 0.2) is 0 Å². The van der Waals surface area contributed by atoms with Crippen molar-refractivity contribution in [1.82, 2.24) is 0 Å². The molecule has 0 amide bonds. The molecular formula is C14H24O4. The third-order valence-electron chi connectivity index (χ3n) is 2.45. The van der Waals surface area contributed by atoms with Gasteiger partial charge in [-0.15, -0.1) is 0 Å². The minimum atomic E-state index is -0.232. The Morgan fingerprint density at radius 1 is 1.17 bits per heavy atom. The van der Waals surface area contributed by atoms with Crippen molar-refractivity contribution in [1.29, 1.82) is 0 Å². The van der Waals surface area contributed by atoms with Crippen LogP contribution in [0.1, 0.15) is 53.4 Å². The molecule has 104 valence electrons. The normalized spacial score (nSPS) is 13.0. The Balaban J connectivity index is 3.64. The van der Waals surface area contributed by atoms with Crippen molar-refractivity contribution >= 4 is 11.9 Å². The third-order valence-corrected chi connectivity index (χ3v) is 2.45. The van der Waals surface area contributed by atoms with E-state index < -0.39 is 0 Å². The van der Waals surface area contributed by atoms with Gasteiger partial charge in [0.25, 0.3) is 0 Å². The molecule has 0 aromatic heterocycles. The van der Waals surface area contributed by atoms with Crippen LogP contribution in [0.3, 0.4) is 0 Å². The molecule has 4 nitrogen and oxygen atoms in total. The first-order valence-electron chi connectivity index (χ1n) is 6.38. The fourth-order valence-electron chi connectivity index (χ4n) is 1.58. The molecule has 0 radical (unpaired) electrons. The molecule has 0 saturated carbocycles. The van der Waals surface area contributed by atoms with Gasteiger partial charge in [-0.25, -0.2) is 0 Å². The molecule has 0 aromatic rings. The highest BCUT2D eigenvalue weighted by Crippen LogP contribution is 2.09. The van der Waals surface area contributed by atoms with Crippen LogP contribution in [0.4, 0.5) is 0 Å². The summed E-state index contributed by atoms with van der Waals surface area (Å²) in [6.07, 6.45) is 5.62. The highest BCUT2D eigenvalue weighted by molar-refractivity contribution is 5.66. The van der Waals surface area contributed by atoms with Crippen molar-refractivity contribution in [3.63, 3.8) is 0 Å². The van der Waals surface area contributed by atoms with Crippen molar-refractivity contribution < 1.29 is 19.1 Å². The summed E-state index contributed by atoms with van der Waals surface area (Å²) in [7, 11) is 0. The van der Waals surface area contributed by atoms with Crippen LogP contribution >= 0.6 is 0 Å². The first-order valence-corrected chi connectivity index (χ1v) is 6.38. The lowest BCUT2D eigenvalue weighted by Crippen LogP contribution is -2.11. The van der Waals surface area contributed by atoms with Crippen LogP contribution in [0.2, 0.25) is 0 Å². The fraction of sp³-hybridized carbons (Fsp3) is 0.714. The minimum absolute atomic E-state index is 0.0346. The minimum Gasteiger partial charge on any atom is -0.466 e. The average molecular weight is 256 g/mol. The van der Waals surface area contributed by atoms with E-state index in [0.717, 1.165) is 25.7 Å². The Kier molecular flexibility index (Phi) is 8.97. The largest absolute Gasteiger partial charge is 0.466 e. The quantitative estimate of drug-likeness (QED) is 0.380. The molecule has 0 aliphatic heterocycles. The molecule has 0 aliphatic carbocycles. The summed E-state index contributed by atoms with van der Waals surface area (Å²) in [5.41, 5.74) is 1.28. The van der Waals surface area contributed by atoms with Crippen molar-refractivity contribution in [2.24, 2.45) is 0 Å². The van der Waals surface area contributed by atoms with Crippen LogP contribution in [-0.4, -0.2) is 24.6 Å². The van der Waals surface area contributed by atoms with Gasteiger partial charge in [-0.3, -0.25) is 9.59 Å². The topological polar surface area (TPSA) is 52.6 Å². The summed E-state index contributed by atoms with van der Waals surface area (Å²) in [5.74, 6) is -0.462. The van der Waals surface area contributed by atoms with E-state index >= 15 is 0 Å². The lowest BCUT2D eigenvalue weighted by atomic mass is 10.1. The Labute approximate surface area is 109 Å². The Bertz CT molecular complexity index is 294. The van der Waals surface area contributed by atoms with Crippen LogP contribution in [0.15, 0.2) is 11.6 Å². The predicted octanol–water partition coefficient (Wildman–Crippen LogP) is 3.01. The van der Waals surface area contributed by atoms with Gasteiger partial charge in [-0.05, 0) is 39.5 Å². The van der Waals surface area contributed by atoms with E-state index in [9.17, 15) is 9.59 Å². The molecule has 0 bridgehead atoms. The number of carbonyl (C=O) groups is 2. The fourth-order valence-corrected chi connectivity index (χ4v) is 1.58. The van der Waals surface area contributed by atoms with Gasteiger partial charge in [0.1, 0.15) is 0 Å². The van der Waals surface area contributed by atoms with E-state index in [4.69, 9.17) is 9.47 Å². The molecule has 18 heavy (non-hydrogen) atoms. The van der Waals surface area contributed by atoms with Gasteiger partial charge in [-0.1, -0.05) is 11.6 Å². The first-order chi connectivity index (χ1) is 8.41. The zero-order valence-electron chi connectivity index (χ0n) is 11.8. The van der Waals surface area contributed by atoms with Crippen LogP contribution < -0.4 is 0 Å². The van der Waals surface area contributed by atoms with Gasteiger partial charge >= 0.3 is 11.9 Å². The number of rotatable bonds is 8. The summed E-state index contributed by atoms with van der Waals surface area (Å²) in [6, 6.07) is 0. The van der Waals surface area contributed by atoms with Gasteiger partial charge < -0.3 is 9.47 Å². The van der Waals surface area contributed by atoms with Crippen LogP contribution in [-0.2, 0) is 19.1 Å². The number of esters is 2. The lowest BCUT2D eigenvalue weighted by Gasteiger charge is -2.10. The average Bonchev–Trinajstić information content (AvgIpc) is 2.23. The standard InChI is InChI=1S/C14H24O4/c1-11(8-6-10-17-13(3)15)7-5-9-12(2)18-14(4)16/h7,12H,5-6,8-10H2,1-4H3/b11-7-. The third kappa shape index (κ3) is 11.2. The second kappa shape index (κ2) is 9.68. The molecule has 4 heteroatoms. The van der Waals surface area contributed by atoms with E-state index in [1.165, 1.54) is 19.4 Å². The van der Waals surface area contributed by atoms with Gasteiger partial charge in [0.2, 0.25) is 0 Å². The highest BCUT2D eigenvalue weighted by atomic mass is 16.5. The van der Waals surface area contributed by atoms with Crippen molar-refractivity contribution in [2.75, 3.05) is 6.61 Å². The van der Waals surface area contributed by atoms with Crippen LogP contribution in [0.5, 0.6) is 0 Å². The smallest absolute Gasteiger partial charge is 0.302 e. The van der Waals surface area contributed by atoms with Gasteiger partial charge in [0, 0.05) is 13.8 Å².